The summed E-state index contributed by atoms with van der Waals surface area (Å²) in [7, 11) is 1.91. The van der Waals surface area contributed by atoms with Gasteiger partial charge in [0.2, 0.25) is 5.95 Å². The van der Waals surface area contributed by atoms with Crippen LogP contribution in [-0.4, -0.2) is 38.4 Å². The van der Waals surface area contributed by atoms with Gasteiger partial charge in [-0.2, -0.15) is 0 Å². The number of aryl methyl sites for hydroxylation is 1. The number of hydrogen-bond donors (Lipinski definition) is 2. The zero-order chi connectivity index (χ0) is 15.1. The molecule has 3 aromatic rings. The maximum atomic E-state index is 5.85. The molecule has 1 aliphatic rings. The Morgan fingerprint density at radius 2 is 2.27 bits per heavy atom. The van der Waals surface area contributed by atoms with Crippen molar-refractivity contribution in [3.63, 3.8) is 0 Å². The maximum Gasteiger partial charge on any atom is 0.200 e. The first-order valence-corrected chi connectivity index (χ1v) is 7.26. The van der Waals surface area contributed by atoms with Gasteiger partial charge < -0.3 is 24.9 Å². The van der Waals surface area contributed by atoms with Crippen LogP contribution in [0, 0.1) is 0 Å². The van der Waals surface area contributed by atoms with E-state index in [1.807, 2.05) is 42.3 Å². The van der Waals surface area contributed by atoms with E-state index in [1.165, 1.54) is 0 Å². The first-order valence-electron chi connectivity index (χ1n) is 7.26. The van der Waals surface area contributed by atoms with Crippen LogP contribution in [0.3, 0.4) is 0 Å². The lowest BCUT2D eigenvalue weighted by Gasteiger charge is -2.21. The quantitative estimate of drug-likeness (QED) is 0.764. The van der Waals surface area contributed by atoms with E-state index >= 15 is 0 Å². The Bertz CT molecular complexity index is 794. The van der Waals surface area contributed by atoms with Gasteiger partial charge in [0, 0.05) is 25.1 Å². The number of ether oxygens (including phenoxy) is 1. The Morgan fingerprint density at radius 1 is 1.36 bits per heavy atom. The number of nitrogen functional groups attached to an aromatic ring is 1. The zero-order valence-corrected chi connectivity index (χ0v) is 12.3. The Morgan fingerprint density at radius 3 is 3.09 bits per heavy atom. The molecule has 22 heavy (non-hydrogen) atoms. The van der Waals surface area contributed by atoms with Gasteiger partial charge in [0.25, 0.3) is 0 Å². The molecule has 7 heteroatoms. The largest absolute Gasteiger partial charge is 0.378 e. The molecule has 1 fully saturated rings. The number of nitrogens with one attached hydrogen (secondary N) is 1. The topological polar surface area (TPSA) is 82.9 Å². The van der Waals surface area contributed by atoms with Crippen LogP contribution in [0.2, 0.25) is 0 Å². The molecule has 1 aliphatic heterocycles. The van der Waals surface area contributed by atoms with Crippen LogP contribution >= 0.6 is 0 Å². The average Bonchev–Trinajstić information content (AvgIpc) is 3.21. The van der Waals surface area contributed by atoms with E-state index in [4.69, 9.17) is 10.5 Å². The van der Waals surface area contributed by atoms with Crippen molar-refractivity contribution in [2.24, 2.45) is 7.05 Å². The van der Waals surface area contributed by atoms with Crippen molar-refractivity contribution in [1.82, 2.24) is 19.1 Å². The Labute approximate surface area is 127 Å². The van der Waals surface area contributed by atoms with Gasteiger partial charge in [-0.15, -0.1) is 0 Å². The molecule has 0 amide bonds. The van der Waals surface area contributed by atoms with Crippen molar-refractivity contribution >= 4 is 22.7 Å². The Kier molecular flexibility index (Phi) is 3.00. The van der Waals surface area contributed by atoms with Gasteiger partial charge >= 0.3 is 0 Å². The fourth-order valence-corrected chi connectivity index (χ4v) is 2.96. The average molecular weight is 298 g/mol. The van der Waals surface area contributed by atoms with Crippen molar-refractivity contribution in [2.45, 2.75) is 12.1 Å². The molecule has 0 radical (unpaired) electrons. The fourth-order valence-electron chi connectivity index (χ4n) is 2.96. The third-order valence-electron chi connectivity index (χ3n) is 4.23. The highest BCUT2D eigenvalue weighted by Gasteiger charge is 2.29. The van der Waals surface area contributed by atoms with Crippen LogP contribution in [0.4, 0.5) is 11.6 Å². The summed E-state index contributed by atoms with van der Waals surface area (Å²) in [6, 6.07) is 6.55. The molecule has 0 saturated carbocycles. The second-order valence-corrected chi connectivity index (χ2v) is 5.60. The van der Waals surface area contributed by atoms with Crippen LogP contribution < -0.4 is 11.1 Å². The van der Waals surface area contributed by atoms with Crippen LogP contribution in [0.1, 0.15) is 6.04 Å². The standard InChI is InChI=1S/C15H18N6O/c1-20-13-3-2-10(6-11(13)19-15(20)16)18-12-7-22-8-14(12)21-5-4-17-9-21/h2-6,9,12,14,18H,7-8H2,1H3,(H2,16,19)/t12-,14+/m1/s1. The van der Waals surface area contributed by atoms with Gasteiger partial charge in [-0.1, -0.05) is 0 Å². The van der Waals surface area contributed by atoms with Crippen molar-refractivity contribution in [3.8, 4) is 0 Å². The van der Waals surface area contributed by atoms with E-state index in [2.05, 4.69) is 19.9 Å². The van der Waals surface area contributed by atoms with E-state index in [1.54, 1.807) is 6.20 Å². The molecule has 0 unspecified atom stereocenters. The van der Waals surface area contributed by atoms with Gasteiger partial charge in [-0.25, -0.2) is 9.97 Å². The van der Waals surface area contributed by atoms with Gasteiger partial charge in [0.15, 0.2) is 0 Å². The molecule has 1 aromatic carbocycles. The zero-order valence-electron chi connectivity index (χ0n) is 12.3. The molecule has 114 valence electrons. The number of imidazole rings is 2. The summed E-state index contributed by atoms with van der Waals surface area (Å²) in [5, 5.41) is 3.54. The van der Waals surface area contributed by atoms with E-state index in [0.717, 1.165) is 16.7 Å². The van der Waals surface area contributed by atoms with Crippen molar-refractivity contribution in [3.05, 3.63) is 36.9 Å². The smallest absolute Gasteiger partial charge is 0.200 e. The summed E-state index contributed by atoms with van der Waals surface area (Å²) in [5.74, 6) is 0.521. The van der Waals surface area contributed by atoms with E-state index < -0.39 is 0 Å². The van der Waals surface area contributed by atoms with Gasteiger partial charge in [0.1, 0.15) is 0 Å². The minimum absolute atomic E-state index is 0.202. The SMILES string of the molecule is Cn1c(N)nc2cc(N[C@@H]3COC[C@@H]3n3ccnc3)ccc21. The van der Waals surface area contributed by atoms with Gasteiger partial charge in [-0.3, -0.25) is 0 Å². The molecule has 3 heterocycles. The second kappa shape index (κ2) is 5.03. The molecule has 2 aromatic heterocycles. The number of fused-ring (bicyclic) bond motifs is 1. The van der Waals surface area contributed by atoms with Crippen LogP contribution in [-0.2, 0) is 11.8 Å². The first kappa shape index (κ1) is 13.1. The predicted molar refractivity (Wildman–Crippen MR) is 84.6 cm³/mol. The summed E-state index contributed by atoms with van der Waals surface area (Å²) in [4.78, 5) is 8.49. The molecule has 0 aliphatic carbocycles. The number of aromatic nitrogens is 4. The normalized spacial score (nSPS) is 21.5. The lowest BCUT2D eigenvalue weighted by Crippen LogP contribution is -2.29. The molecular formula is C15H18N6O. The van der Waals surface area contributed by atoms with E-state index in [-0.39, 0.29) is 12.1 Å². The summed E-state index contributed by atoms with van der Waals surface area (Å²) in [6.45, 7) is 1.36. The maximum absolute atomic E-state index is 5.85. The van der Waals surface area contributed by atoms with Crippen molar-refractivity contribution in [1.29, 1.82) is 0 Å². The molecule has 4 rings (SSSR count). The molecule has 2 atom stereocenters. The Hall–Kier alpha value is -2.54. The lowest BCUT2D eigenvalue weighted by atomic mass is 10.1. The van der Waals surface area contributed by atoms with Crippen LogP contribution in [0.15, 0.2) is 36.9 Å². The highest BCUT2D eigenvalue weighted by atomic mass is 16.5. The van der Waals surface area contributed by atoms with E-state index in [0.29, 0.717) is 19.2 Å². The second-order valence-electron chi connectivity index (χ2n) is 5.60. The van der Waals surface area contributed by atoms with Gasteiger partial charge in [-0.05, 0) is 18.2 Å². The lowest BCUT2D eigenvalue weighted by molar-refractivity contribution is 0.185. The summed E-state index contributed by atoms with van der Waals surface area (Å²) >= 11 is 0. The molecule has 0 bridgehead atoms. The molecule has 1 saturated heterocycles. The van der Waals surface area contributed by atoms with Gasteiger partial charge in [0.05, 0.1) is 42.7 Å². The monoisotopic (exact) mass is 298 g/mol. The van der Waals surface area contributed by atoms with Crippen LogP contribution in [0.5, 0.6) is 0 Å². The number of nitrogens with zero attached hydrogens (tertiary/aromatic N) is 4. The minimum Gasteiger partial charge on any atom is -0.378 e. The summed E-state index contributed by atoms with van der Waals surface area (Å²) in [5.41, 5.74) is 8.79. The van der Waals surface area contributed by atoms with E-state index in [9.17, 15) is 0 Å². The Balaban J connectivity index is 1.60. The third kappa shape index (κ3) is 2.10. The first-order chi connectivity index (χ1) is 10.7. The van der Waals surface area contributed by atoms with Crippen LogP contribution in [0.25, 0.3) is 11.0 Å². The number of nitrogens with two attached hydrogens (primary N) is 1. The molecule has 7 nitrogen and oxygen atoms in total. The number of rotatable bonds is 3. The third-order valence-corrected chi connectivity index (χ3v) is 4.23. The fraction of sp³-hybridized carbons (Fsp3) is 0.333. The number of anilines is 2. The number of hydrogen-bond acceptors (Lipinski definition) is 5. The molecule has 0 spiro atoms. The van der Waals surface area contributed by atoms with Crippen molar-refractivity contribution in [2.75, 3.05) is 24.3 Å². The summed E-state index contributed by atoms with van der Waals surface area (Å²) in [6.07, 6.45) is 5.59. The van der Waals surface area contributed by atoms with Crippen molar-refractivity contribution < 1.29 is 4.74 Å². The molecule has 3 N–H and O–H groups in total. The molecular weight excluding hydrogens is 280 g/mol. The summed E-state index contributed by atoms with van der Waals surface area (Å²) < 4.78 is 9.59. The minimum atomic E-state index is 0.202. The number of benzene rings is 1. The highest BCUT2D eigenvalue weighted by molar-refractivity contribution is 5.82. The highest BCUT2D eigenvalue weighted by Crippen LogP contribution is 2.26. The predicted octanol–water partition coefficient (Wildman–Crippen LogP) is 1.40.